The third-order valence-electron chi connectivity index (χ3n) is 6.14. The predicted octanol–water partition coefficient (Wildman–Crippen LogP) is 3.41. The third kappa shape index (κ3) is 4.20. The highest BCUT2D eigenvalue weighted by atomic mass is 32.1. The van der Waals surface area contributed by atoms with Crippen LogP contribution in [0.5, 0.6) is 0 Å². The maximum atomic E-state index is 13.5. The number of rotatable bonds is 5. The molecule has 0 saturated heterocycles. The Kier molecular flexibility index (Phi) is 5.80. The number of pyridine rings is 1. The number of thiophene rings is 1. The van der Waals surface area contributed by atoms with Gasteiger partial charge in [0.2, 0.25) is 5.91 Å². The van der Waals surface area contributed by atoms with Gasteiger partial charge < -0.3 is 5.32 Å². The second-order valence-electron chi connectivity index (χ2n) is 8.42. The molecule has 3 aromatic heterocycles. The number of fused-ring (bicyclic) bond motifs is 3. The van der Waals surface area contributed by atoms with Gasteiger partial charge in [-0.25, -0.2) is 14.2 Å². The molecular formula is C24H23FN4O3S. The fraction of sp³-hybridized carbons (Fsp3) is 0.333. The Morgan fingerprint density at radius 2 is 1.85 bits per heavy atom. The van der Waals surface area contributed by atoms with Crippen molar-refractivity contribution in [2.45, 2.75) is 51.2 Å². The molecule has 1 aliphatic carbocycles. The Morgan fingerprint density at radius 3 is 2.61 bits per heavy atom. The number of nitrogens with zero attached hydrogens (tertiary/aromatic N) is 3. The van der Waals surface area contributed by atoms with Gasteiger partial charge in [0.1, 0.15) is 21.9 Å². The van der Waals surface area contributed by atoms with Gasteiger partial charge in [-0.05, 0) is 42.7 Å². The van der Waals surface area contributed by atoms with Gasteiger partial charge in [0.15, 0.2) is 0 Å². The highest BCUT2D eigenvalue weighted by Gasteiger charge is 2.22. The van der Waals surface area contributed by atoms with E-state index in [1.165, 1.54) is 46.6 Å². The summed E-state index contributed by atoms with van der Waals surface area (Å²) in [5, 5.41) is 3.72. The van der Waals surface area contributed by atoms with Crippen LogP contribution in [0.2, 0.25) is 0 Å². The van der Waals surface area contributed by atoms with Crippen LogP contribution in [0.4, 0.5) is 4.39 Å². The van der Waals surface area contributed by atoms with Crippen LogP contribution >= 0.6 is 11.3 Å². The van der Waals surface area contributed by atoms with Gasteiger partial charge >= 0.3 is 5.69 Å². The van der Waals surface area contributed by atoms with Crippen LogP contribution in [0.25, 0.3) is 20.4 Å². The van der Waals surface area contributed by atoms with Gasteiger partial charge in [-0.15, -0.1) is 11.3 Å². The van der Waals surface area contributed by atoms with Gasteiger partial charge in [0.05, 0.1) is 12.1 Å². The van der Waals surface area contributed by atoms with Crippen molar-refractivity contribution in [2.24, 2.45) is 0 Å². The number of hydrogen-bond donors (Lipinski definition) is 1. The molecule has 0 bridgehead atoms. The SMILES string of the molecule is O=C(Cn1c(=O)n(Cc2ccc(F)cc2)c(=O)c2sc3ncccc3c21)NC1CCCCC1. The summed E-state index contributed by atoms with van der Waals surface area (Å²) in [6.07, 6.45) is 6.84. The van der Waals surface area contributed by atoms with Crippen LogP contribution in [0, 0.1) is 5.82 Å². The van der Waals surface area contributed by atoms with Crippen LogP contribution in [0.1, 0.15) is 37.7 Å². The summed E-state index contributed by atoms with van der Waals surface area (Å²) < 4.78 is 16.2. The van der Waals surface area contributed by atoms with Gasteiger partial charge in [-0.2, -0.15) is 0 Å². The molecule has 9 heteroatoms. The van der Waals surface area contributed by atoms with Crippen molar-refractivity contribution >= 4 is 37.7 Å². The Balaban J connectivity index is 1.61. The molecule has 0 spiro atoms. The predicted molar refractivity (Wildman–Crippen MR) is 126 cm³/mol. The van der Waals surface area contributed by atoms with Crippen molar-refractivity contribution in [1.29, 1.82) is 0 Å². The van der Waals surface area contributed by atoms with Crippen molar-refractivity contribution < 1.29 is 9.18 Å². The quantitative estimate of drug-likeness (QED) is 0.488. The molecule has 7 nitrogen and oxygen atoms in total. The summed E-state index contributed by atoms with van der Waals surface area (Å²) in [5.41, 5.74) is 0.0464. The third-order valence-corrected chi connectivity index (χ3v) is 7.23. The molecule has 0 aliphatic heterocycles. The minimum Gasteiger partial charge on any atom is -0.352 e. The first kappa shape index (κ1) is 21.5. The number of carbonyl (C=O) groups excluding carboxylic acids is 1. The largest absolute Gasteiger partial charge is 0.352 e. The van der Waals surface area contributed by atoms with Crippen LogP contribution in [0.15, 0.2) is 52.2 Å². The highest BCUT2D eigenvalue weighted by molar-refractivity contribution is 7.25. The van der Waals surface area contributed by atoms with E-state index in [4.69, 9.17) is 0 Å². The van der Waals surface area contributed by atoms with Crippen molar-refractivity contribution in [3.05, 3.63) is 74.8 Å². The van der Waals surface area contributed by atoms with E-state index in [9.17, 15) is 18.8 Å². The smallest absolute Gasteiger partial charge is 0.332 e. The Bertz CT molecular complexity index is 1450. The Hall–Kier alpha value is -3.33. The average Bonchev–Trinajstić information content (AvgIpc) is 3.21. The topological polar surface area (TPSA) is 86.0 Å². The zero-order valence-corrected chi connectivity index (χ0v) is 18.7. The Labute approximate surface area is 192 Å². The number of aromatic nitrogens is 3. The monoisotopic (exact) mass is 466 g/mol. The van der Waals surface area contributed by atoms with E-state index in [2.05, 4.69) is 10.3 Å². The number of benzene rings is 1. The molecular weight excluding hydrogens is 443 g/mol. The lowest BCUT2D eigenvalue weighted by Crippen LogP contribution is -2.44. The summed E-state index contributed by atoms with van der Waals surface area (Å²) in [7, 11) is 0. The van der Waals surface area contributed by atoms with E-state index >= 15 is 0 Å². The first-order chi connectivity index (χ1) is 16.0. The molecule has 0 radical (unpaired) electrons. The molecule has 4 aromatic rings. The molecule has 3 heterocycles. The molecule has 1 aliphatic rings. The summed E-state index contributed by atoms with van der Waals surface area (Å²) in [6.45, 7) is -0.198. The second-order valence-corrected chi connectivity index (χ2v) is 9.42. The van der Waals surface area contributed by atoms with Crippen molar-refractivity contribution in [3.63, 3.8) is 0 Å². The molecule has 1 N–H and O–H groups in total. The highest BCUT2D eigenvalue weighted by Crippen LogP contribution is 2.29. The van der Waals surface area contributed by atoms with Crippen molar-refractivity contribution in [2.75, 3.05) is 0 Å². The minimum absolute atomic E-state index is 0.0141. The minimum atomic E-state index is -0.570. The van der Waals surface area contributed by atoms with Crippen molar-refractivity contribution in [1.82, 2.24) is 19.4 Å². The van der Waals surface area contributed by atoms with Gasteiger partial charge in [-0.1, -0.05) is 31.4 Å². The fourth-order valence-electron chi connectivity index (χ4n) is 4.51. The van der Waals surface area contributed by atoms with E-state index in [1.54, 1.807) is 18.3 Å². The maximum absolute atomic E-state index is 13.5. The number of amides is 1. The summed E-state index contributed by atoms with van der Waals surface area (Å²) in [6, 6.07) is 9.32. The molecule has 1 amide bonds. The molecule has 1 fully saturated rings. The number of nitrogens with one attached hydrogen (secondary N) is 1. The first-order valence-electron chi connectivity index (χ1n) is 11.1. The summed E-state index contributed by atoms with van der Waals surface area (Å²) in [4.78, 5) is 44.7. The molecule has 1 saturated carbocycles. The Morgan fingerprint density at radius 1 is 1.09 bits per heavy atom. The lowest BCUT2D eigenvalue weighted by molar-refractivity contribution is -0.122. The van der Waals surface area contributed by atoms with Crippen LogP contribution in [-0.2, 0) is 17.9 Å². The van der Waals surface area contributed by atoms with Crippen LogP contribution in [-0.4, -0.2) is 26.1 Å². The second kappa shape index (κ2) is 8.90. The van der Waals surface area contributed by atoms with E-state index in [0.29, 0.717) is 26.0 Å². The van der Waals surface area contributed by atoms with Gasteiger partial charge in [0.25, 0.3) is 5.56 Å². The zero-order valence-electron chi connectivity index (χ0n) is 17.9. The van der Waals surface area contributed by atoms with E-state index < -0.39 is 17.1 Å². The lowest BCUT2D eigenvalue weighted by Gasteiger charge is -2.23. The van der Waals surface area contributed by atoms with Crippen LogP contribution in [0.3, 0.4) is 0 Å². The molecule has 170 valence electrons. The molecule has 1 aromatic carbocycles. The van der Waals surface area contributed by atoms with E-state index in [-0.39, 0.29) is 25.0 Å². The van der Waals surface area contributed by atoms with Gasteiger partial charge in [-0.3, -0.25) is 18.7 Å². The van der Waals surface area contributed by atoms with E-state index in [0.717, 1.165) is 30.3 Å². The standard InChI is InChI=1S/C24H23FN4O3S/c25-16-10-8-15(9-11-16)13-29-23(31)21-20(18-7-4-12-26-22(18)33-21)28(24(29)32)14-19(30)27-17-5-2-1-3-6-17/h4,7-12,17H,1-3,5-6,13-14H2,(H,27,30). The molecule has 5 rings (SSSR count). The first-order valence-corrected chi connectivity index (χ1v) is 11.9. The normalized spacial score (nSPS) is 14.7. The summed E-state index contributed by atoms with van der Waals surface area (Å²) in [5.74, 6) is -0.644. The number of hydrogen-bond acceptors (Lipinski definition) is 5. The number of carbonyl (C=O) groups is 1. The summed E-state index contributed by atoms with van der Waals surface area (Å²) >= 11 is 1.21. The maximum Gasteiger partial charge on any atom is 0.332 e. The zero-order chi connectivity index (χ0) is 22.9. The molecule has 0 atom stereocenters. The lowest BCUT2D eigenvalue weighted by atomic mass is 9.95. The number of halogens is 1. The average molecular weight is 467 g/mol. The molecule has 0 unspecified atom stereocenters. The fourth-order valence-corrected chi connectivity index (χ4v) is 5.60. The van der Waals surface area contributed by atoms with E-state index in [1.807, 2.05) is 0 Å². The van der Waals surface area contributed by atoms with Crippen molar-refractivity contribution in [3.8, 4) is 0 Å². The van der Waals surface area contributed by atoms with Gasteiger partial charge in [0, 0.05) is 17.6 Å². The molecule has 33 heavy (non-hydrogen) atoms. The van der Waals surface area contributed by atoms with Crippen LogP contribution < -0.4 is 16.6 Å².